The Morgan fingerprint density at radius 3 is 2.60 bits per heavy atom. The number of aromatic nitrogens is 6. The van der Waals surface area contributed by atoms with Gasteiger partial charge >= 0.3 is 0 Å². The van der Waals surface area contributed by atoms with Gasteiger partial charge in [0.1, 0.15) is 11.5 Å². The van der Waals surface area contributed by atoms with Crippen LogP contribution in [0.4, 0.5) is 10.1 Å². The third kappa shape index (κ3) is 6.04. The molecule has 5 heterocycles. The molecule has 5 aromatic heterocycles. The van der Waals surface area contributed by atoms with Gasteiger partial charge in [0.15, 0.2) is 0 Å². The lowest BCUT2D eigenvalue weighted by atomic mass is 10.0. The zero-order chi connectivity index (χ0) is 31.1. The summed E-state index contributed by atoms with van der Waals surface area (Å²) < 4.78 is 40.2. The molecule has 0 atom stereocenters. The van der Waals surface area contributed by atoms with Gasteiger partial charge in [-0.25, -0.2) is 17.5 Å². The minimum Gasteiger partial charge on any atom is -0.353 e. The van der Waals surface area contributed by atoms with Crippen LogP contribution in [-0.4, -0.2) is 50.7 Å². The first-order chi connectivity index (χ1) is 21.7. The van der Waals surface area contributed by atoms with E-state index in [2.05, 4.69) is 40.2 Å². The highest BCUT2D eigenvalue weighted by Gasteiger charge is 2.23. The maximum atomic E-state index is 14.6. The number of carbonyl (C=O) groups excluding carboxylic acids is 1. The van der Waals surface area contributed by atoms with Gasteiger partial charge in [-0.05, 0) is 60.9 Å². The van der Waals surface area contributed by atoms with Crippen LogP contribution >= 0.6 is 0 Å². The monoisotopic (exact) mass is 624 g/mol. The van der Waals surface area contributed by atoms with Gasteiger partial charge < -0.3 is 10.3 Å². The highest BCUT2D eigenvalue weighted by Crippen LogP contribution is 2.35. The van der Waals surface area contributed by atoms with Crippen LogP contribution in [0.5, 0.6) is 0 Å². The largest absolute Gasteiger partial charge is 0.353 e. The Hall–Kier alpha value is -5.01. The predicted molar refractivity (Wildman–Crippen MR) is 170 cm³/mol. The minimum atomic E-state index is -3.45. The number of nitrogens with zero attached hydrogens (tertiary/aromatic N) is 4. The fourth-order valence-electron chi connectivity index (χ4n) is 5.88. The summed E-state index contributed by atoms with van der Waals surface area (Å²) in [5, 5.41) is 12.2. The van der Waals surface area contributed by atoms with Crippen molar-refractivity contribution in [2.24, 2.45) is 5.92 Å². The number of pyridine rings is 3. The standard InChI is InChI=1S/C32H29FN8O3S/c1-45(43,44)37-14-18-8-20(10-22(33)9-18)30-24-13-28(39-26(24)6-7-35-30)31-25-12-27(36-17-29(25)40-41-31)21-11-23(16-34-15-21)38-32(42)19-4-2-3-5-19/h6-13,15-17,19,37,39H,2-5,14H2,1H3,(H,38,42)(H,40,41). The molecule has 1 fully saturated rings. The lowest BCUT2D eigenvalue weighted by molar-refractivity contribution is -0.119. The van der Waals surface area contributed by atoms with Crippen LogP contribution < -0.4 is 10.0 Å². The van der Waals surface area contributed by atoms with Crippen molar-refractivity contribution in [1.82, 2.24) is 34.9 Å². The Bertz CT molecular complexity index is 2190. The lowest BCUT2D eigenvalue weighted by Gasteiger charge is -2.11. The van der Waals surface area contributed by atoms with Crippen molar-refractivity contribution in [3.05, 3.63) is 78.6 Å². The molecule has 0 aliphatic heterocycles. The van der Waals surface area contributed by atoms with E-state index in [1.165, 1.54) is 12.1 Å². The Labute approximate surface area is 257 Å². The molecule has 1 amide bonds. The van der Waals surface area contributed by atoms with Gasteiger partial charge in [-0.3, -0.25) is 24.8 Å². The first-order valence-electron chi connectivity index (χ1n) is 14.5. The van der Waals surface area contributed by atoms with Crippen molar-refractivity contribution in [2.75, 3.05) is 11.6 Å². The molecule has 0 saturated heterocycles. The predicted octanol–water partition coefficient (Wildman–Crippen LogP) is 5.55. The van der Waals surface area contributed by atoms with E-state index in [-0.39, 0.29) is 18.4 Å². The third-order valence-electron chi connectivity index (χ3n) is 8.05. The summed E-state index contributed by atoms with van der Waals surface area (Å²) in [5.41, 5.74) is 6.46. The van der Waals surface area contributed by atoms with Crippen LogP contribution in [0.25, 0.3) is 55.7 Å². The molecule has 11 nitrogen and oxygen atoms in total. The maximum Gasteiger partial charge on any atom is 0.227 e. The number of anilines is 1. The molecule has 0 radical (unpaired) electrons. The number of carbonyl (C=O) groups is 1. The minimum absolute atomic E-state index is 0.0275. The molecule has 4 N–H and O–H groups in total. The van der Waals surface area contributed by atoms with Crippen LogP contribution in [0.1, 0.15) is 31.2 Å². The zero-order valence-corrected chi connectivity index (χ0v) is 25.1. The summed E-state index contributed by atoms with van der Waals surface area (Å²) in [7, 11) is -3.45. The highest BCUT2D eigenvalue weighted by molar-refractivity contribution is 7.88. The van der Waals surface area contributed by atoms with Crippen molar-refractivity contribution < 1.29 is 17.6 Å². The van der Waals surface area contributed by atoms with Crippen molar-refractivity contribution in [3.8, 4) is 33.9 Å². The van der Waals surface area contributed by atoms with E-state index in [1.54, 1.807) is 30.9 Å². The van der Waals surface area contributed by atoms with E-state index >= 15 is 0 Å². The second-order valence-electron chi connectivity index (χ2n) is 11.4. The summed E-state index contributed by atoms with van der Waals surface area (Å²) >= 11 is 0. The zero-order valence-electron chi connectivity index (χ0n) is 24.3. The molecule has 7 rings (SSSR count). The van der Waals surface area contributed by atoms with Gasteiger partial charge in [0.05, 0.1) is 46.9 Å². The van der Waals surface area contributed by atoms with Crippen molar-refractivity contribution in [1.29, 1.82) is 0 Å². The highest BCUT2D eigenvalue weighted by atomic mass is 32.2. The quantitative estimate of drug-likeness (QED) is 0.173. The van der Waals surface area contributed by atoms with Gasteiger partial charge in [0, 0.05) is 52.3 Å². The smallest absolute Gasteiger partial charge is 0.227 e. The Balaban J connectivity index is 1.22. The number of sulfonamides is 1. The number of rotatable bonds is 8. The molecule has 1 aliphatic rings. The molecule has 1 aliphatic carbocycles. The molecule has 45 heavy (non-hydrogen) atoms. The van der Waals surface area contributed by atoms with E-state index in [1.807, 2.05) is 24.3 Å². The molecule has 0 spiro atoms. The first-order valence-corrected chi connectivity index (χ1v) is 16.4. The molecular weight excluding hydrogens is 595 g/mol. The van der Waals surface area contributed by atoms with Crippen molar-refractivity contribution in [3.63, 3.8) is 0 Å². The number of hydrogen-bond acceptors (Lipinski definition) is 7. The number of benzene rings is 1. The molecule has 6 aromatic rings. The fourth-order valence-corrected chi connectivity index (χ4v) is 6.30. The van der Waals surface area contributed by atoms with E-state index < -0.39 is 15.8 Å². The van der Waals surface area contributed by atoms with Gasteiger partial charge in [0.25, 0.3) is 0 Å². The topological polar surface area (TPSA) is 158 Å². The summed E-state index contributed by atoms with van der Waals surface area (Å²) in [6, 6.07) is 11.9. The summed E-state index contributed by atoms with van der Waals surface area (Å²) in [5.74, 6) is -0.425. The Morgan fingerprint density at radius 1 is 0.956 bits per heavy atom. The van der Waals surface area contributed by atoms with Crippen LogP contribution in [0.2, 0.25) is 0 Å². The van der Waals surface area contributed by atoms with Crippen LogP contribution in [-0.2, 0) is 21.4 Å². The summed E-state index contributed by atoms with van der Waals surface area (Å²) in [6.45, 7) is -0.0428. The van der Waals surface area contributed by atoms with E-state index in [9.17, 15) is 17.6 Å². The van der Waals surface area contributed by atoms with Crippen molar-refractivity contribution >= 4 is 43.4 Å². The third-order valence-corrected chi connectivity index (χ3v) is 8.72. The van der Waals surface area contributed by atoms with Crippen LogP contribution in [0, 0.1) is 11.7 Å². The molecule has 1 saturated carbocycles. The van der Waals surface area contributed by atoms with E-state index in [4.69, 9.17) is 0 Å². The number of aromatic amines is 2. The lowest BCUT2D eigenvalue weighted by Crippen LogP contribution is -2.21. The molecule has 0 unspecified atom stereocenters. The second-order valence-corrected chi connectivity index (χ2v) is 13.2. The van der Waals surface area contributed by atoms with Gasteiger partial charge in [-0.15, -0.1) is 0 Å². The fraction of sp³-hybridized carbons (Fsp3) is 0.219. The second kappa shape index (κ2) is 11.5. The number of nitrogens with one attached hydrogen (secondary N) is 4. The van der Waals surface area contributed by atoms with Gasteiger partial charge in [0.2, 0.25) is 15.9 Å². The van der Waals surface area contributed by atoms with E-state index in [0.29, 0.717) is 39.6 Å². The maximum absolute atomic E-state index is 14.6. The first kappa shape index (κ1) is 28.7. The number of halogens is 1. The van der Waals surface area contributed by atoms with E-state index in [0.717, 1.165) is 59.3 Å². The summed E-state index contributed by atoms with van der Waals surface area (Å²) in [4.78, 5) is 29.6. The summed E-state index contributed by atoms with van der Waals surface area (Å²) in [6.07, 6.45) is 11.7. The van der Waals surface area contributed by atoms with Gasteiger partial charge in [-0.2, -0.15) is 5.10 Å². The normalized spacial score (nSPS) is 14.0. The Morgan fingerprint density at radius 2 is 1.78 bits per heavy atom. The SMILES string of the molecule is CS(=O)(=O)NCc1cc(F)cc(-c2nccc3[nH]c(-c4n[nH]c5cnc(-c6cncc(NC(=O)C7CCCC7)c6)cc45)cc23)c1. The molecule has 0 bridgehead atoms. The number of hydrogen-bond donors (Lipinski definition) is 4. The molecule has 228 valence electrons. The van der Waals surface area contributed by atoms with Crippen LogP contribution in [0.3, 0.4) is 0 Å². The molecule has 13 heteroatoms. The van der Waals surface area contributed by atoms with Crippen LogP contribution in [0.15, 0.2) is 67.3 Å². The molecule has 1 aromatic carbocycles. The number of H-pyrrole nitrogens is 2. The average Bonchev–Trinajstić information content (AvgIpc) is 3.79. The Kier molecular flexibility index (Phi) is 7.34. The number of amides is 1. The molecular formula is C32H29FN8O3S. The van der Waals surface area contributed by atoms with Crippen molar-refractivity contribution in [2.45, 2.75) is 32.2 Å². The number of fused-ring (bicyclic) bond motifs is 2. The van der Waals surface area contributed by atoms with Gasteiger partial charge in [-0.1, -0.05) is 12.8 Å². The average molecular weight is 625 g/mol.